The van der Waals surface area contributed by atoms with Gasteiger partial charge in [0.2, 0.25) is 0 Å². The van der Waals surface area contributed by atoms with Crippen molar-refractivity contribution >= 4 is 34.4 Å². The van der Waals surface area contributed by atoms with Gasteiger partial charge in [-0.3, -0.25) is 14.6 Å². The molecule has 0 spiro atoms. The molecule has 4 aromatic rings. The van der Waals surface area contributed by atoms with Crippen molar-refractivity contribution in [2.45, 2.75) is 34.1 Å². The summed E-state index contributed by atoms with van der Waals surface area (Å²) >= 11 is 6.32. The summed E-state index contributed by atoms with van der Waals surface area (Å²) in [6, 6.07) is 13.9. The first kappa shape index (κ1) is 30.3. The van der Waals surface area contributed by atoms with E-state index in [1.165, 1.54) is 6.07 Å². The molecule has 5 nitrogen and oxygen atoms in total. The molecule has 0 fully saturated rings. The number of rotatable bonds is 5. The Morgan fingerprint density at radius 2 is 1.66 bits per heavy atom. The second-order valence-electron chi connectivity index (χ2n) is 7.78. The fraction of sp³-hybridized carbons (Fsp3) is 0.207. The third kappa shape index (κ3) is 7.32. The third-order valence-electron chi connectivity index (χ3n) is 5.36. The Balaban J connectivity index is 0.000000264. The number of carboxylic acid groups (broad SMARTS) is 1. The van der Waals surface area contributed by atoms with Gasteiger partial charge in [0, 0.05) is 22.7 Å². The van der Waals surface area contributed by atoms with Gasteiger partial charge >= 0.3 is 5.97 Å². The third-order valence-corrected chi connectivity index (χ3v) is 5.66. The van der Waals surface area contributed by atoms with Gasteiger partial charge in [-0.25, -0.2) is 13.2 Å². The highest BCUT2D eigenvalue weighted by Crippen LogP contribution is 2.37. The molecule has 0 aliphatic heterocycles. The van der Waals surface area contributed by atoms with Crippen molar-refractivity contribution in [2.75, 3.05) is 6.54 Å². The largest absolute Gasteiger partial charge is 0.480 e. The van der Waals surface area contributed by atoms with E-state index in [9.17, 15) is 22.8 Å². The van der Waals surface area contributed by atoms with Crippen molar-refractivity contribution in [3.8, 4) is 11.1 Å². The van der Waals surface area contributed by atoms with Crippen LogP contribution in [-0.4, -0.2) is 28.5 Å². The van der Waals surface area contributed by atoms with Gasteiger partial charge in [-0.05, 0) is 54.8 Å². The number of carbonyl (C=O) groups is 2. The highest BCUT2D eigenvalue weighted by atomic mass is 35.5. The summed E-state index contributed by atoms with van der Waals surface area (Å²) in [5.74, 6) is -4.74. The van der Waals surface area contributed by atoms with Crippen LogP contribution in [0.4, 0.5) is 13.2 Å². The van der Waals surface area contributed by atoms with Crippen LogP contribution in [0.25, 0.3) is 22.0 Å². The average Bonchev–Trinajstić information content (AvgIpc) is 2.89. The number of hydrogen-bond donors (Lipinski definition) is 2. The van der Waals surface area contributed by atoms with Crippen LogP contribution in [0, 0.1) is 24.4 Å². The maximum Gasteiger partial charge on any atom is 0.322 e. The molecule has 4 rings (SSSR count). The number of carbonyl (C=O) groups excluding carboxylic acids is 1. The van der Waals surface area contributed by atoms with Crippen LogP contribution in [0.15, 0.2) is 60.8 Å². The molecule has 38 heavy (non-hydrogen) atoms. The summed E-state index contributed by atoms with van der Waals surface area (Å²) in [4.78, 5) is 25.7. The van der Waals surface area contributed by atoms with Gasteiger partial charge in [-0.15, -0.1) is 0 Å². The van der Waals surface area contributed by atoms with Crippen LogP contribution in [0.5, 0.6) is 0 Å². The van der Waals surface area contributed by atoms with Gasteiger partial charge in [0.25, 0.3) is 5.91 Å². The molecule has 0 saturated heterocycles. The lowest BCUT2D eigenvalue weighted by Gasteiger charge is -2.14. The second kappa shape index (κ2) is 14.1. The number of pyridine rings is 1. The number of aromatic nitrogens is 1. The normalized spacial score (nSPS) is 10.1. The number of carboxylic acids is 1. The minimum absolute atomic E-state index is 0.301. The molecule has 3 aromatic carbocycles. The van der Waals surface area contributed by atoms with Crippen molar-refractivity contribution in [3.63, 3.8) is 0 Å². The number of hydrogen-bond acceptors (Lipinski definition) is 3. The van der Waals surface area contributed by atoms with Crippen molar-refractivity contribution in [1.82, 2.24) is 10.3 Å². The van der Waals surface area contributed by atoms with Crippen molar-refractivity contribution in [1.29, 1.82) is 0 Å². The first-order valence-electron chi connectivity index (χ1n) is 11.9. The van der Waals surface area contributed by atoms with Gasteiger partial charge in [0.15, 0.2) is 0 Å². The smallest absolute Gasteiger partial charge is 0.322 e. The molecule has 0 bridgehead atoms. The summed E-state index contributed by atoms with van der Waals surface area (Å²) in [5, 5.41) is 11.6. The molecule has 2 N–H and O–H groups in total. The zero-order valence-electron chi connectivity index (χ0n) is 21.4. The molecule has 0 unspecified atom stereocenters. The Labute approximate surface area is 224 Å². The molecule has 0 saturated carbocycles. The Morgan fingerprint density at radius 1 is 1.00 bits per heavy atom. The Kier molecular flexibility index (Phi) is 11.3. The molecule has 1 amide bonds. The van der Waals surface area contributed by atoms with Gasteiger partial charge in [-0.2, -0.15) is 0 Å². The fourth-order valence-electron chi connectivity index (χ4n) is 3.68. The van der Waals surface area contributed by atoms with Crippen LogP contribution in [0.3, 0.4) is 0 Å². The molecular formula is C29H28ClF3N2O3. The van der Waals surface area contributed by atoms with Gasteiger partial charge < -0.3 is 10.4 Å². The second-order valence-corrected chi connectivity index (χ2v) is 8.19. The van der Waals surface area contributed by atoms with Crippen molar-refractivity contribution in [2.24, 2.45) is 0 Å². The molecule has 1 aromatic heterocycles. The Bertz CT molecular complexity index is 1420. The van der Waals surface area contributed by atoms with E-state index in [1.807, 2.05) is 44.3 Å². The van der Waals surface area contributed by atoms with Crippen molar-refractivity contribution in [3.05, 3.63) is 100.0 Å². The Hall–Kier alpha value is -3.91. The minimum atomic E-state index is -1.29. The van der Waals surface area contributed by atoms with E-state index in [1.54, 1.807) is 12.3 Å². The van der Waals surface area contributed by atoms with Gasteiger partial charge in [-0.1, -0.05) is 56.6 Å². The van der Waals surface area contributed by atoms with E-state index in [4.69, 9.17) is 16.7 Å². The van der Waals surface area contributed by atoms with E-state index in [0.717, 1.165) is 57.8 Å². The number of nitrogens with zero attached hydrogens (tertiary/aromatic N) is 1. The van der Waals surface area contributed by atoms with Crippen LogP contribution < -0.4 is 5.32 Å². The first-order valence-corrected chi connectivity index (χ1v) is 12.3. The number of aliphatic carboxylic acids is 1. The number of nitrogens with one attached hydrogen (secondary N) is 1. The topological polar surface area (TPSA) is 79.3 Å². The highest BCUT2D eigenvalue weighted by molar-refractivity contribution is 6.34. The number of halogens is 4. The van der Waals surface area contributed by atoms with E-state index >= 15 is 0 Å². The molecule has 0 aliphatic carbocycles. The molecular weight excluding hydrogens is 517 g/mol. The maximum atomic E-state index is 13.6. The summed E-state index contributed by atoms with van der Waals surface area (Å²) < 4.78 is 39.5. The fourth-order valence-corrected chi connectivity index (χ4v) is 4.01. The standard InChI is InChI=1S/C18H15ClFN.C9H7F2NO3.C2H6/c1-3-12-9-13(20)10-16(19)17(12)15-7-6-11(2)14-5-4-8-21-18(14)15;10-5-2-1-3-6(11)8(5)9(15)12-4-7(13)14;1-2/h4-10H,3H2,1-2H3;1-3H,4H2,(H,12,15)(H,13,14);1-2H3. The summed E-state index contributed by atoms with van der Waals surface area (Å²) in [7, 11) is 0. The molecule has 1 heterocycles. The SMILES string of the molecule is CC.CCc1cc(F)cc(Cl)c1-c1ccc(C)c2cccnc12.O=C(O)CNC(=O)c1c(F)cccc1F. The Morgan fingerprint density at radius 3 is 2.26 bits per heavy atom. The predicted molar refractivity (Wildman–Crippen MR) is 144 cm³/mol. The predicted octanol–water partition coefficient (Wildman–Crippen LogP) is 7.37. The van der Waals surface area contributed by atoms with E-state index in [0.29, 0.717) is 5.02 Å². The monoisotopic (exact) mass is 544 g/mol. The van der Waals surface area contributed by atoms with Gasteiger partial charge in [0.05, 0.1) is 10.5 Å². The number of amides is 1. The lowest BCUT2D eigenvalue weighted by atomic mass is 9.94. The average molecular weight is 545 g/mol. The number of fused-ring (bicyclic) bond motifs is 1. The molecule has 0 radical (unpaired) electrons. The van der Waals surface area contributed by atoms with E-state index in [2.05, 4.69) is 18.0 Å². The number of benzene rings is 3. The van der Waals surface area contributed by atoms with Gasteiger partial charge in [0.1, 0.15) is 29.6 Å². The van der Waals surface area contributed by atoms with Crippen LogP contribution in [-0.2, 0) is 11.2 Å². The molecule has 0 atom stereocenters. The number of aryl methyl sites for hydroxylation is 2. The molecule has 200 valence electrons. The van der Waals surface area contributed by atoms with Crippen LogP contribution in [0.2, 0.25) is 5.02 Å². The molecule has 0 aliphatic rings. The zero-order chi connectivity index (χ0) is 28.4. The van der Waals surface area contributed by atoms with Crippen LogP contribution >= 0.6 is 11.6 Å². The lowest BCUT2D eigenvalue weighted by Crippen LogP contribution is -2.30. The summed E-state index contributed by atoms with van der Waals surface area (Å²) in [6.07, 6.45) is 2.49. The summed E-state index contributed by atoms with van der Waals surface area (Å²) in [6.45, 7) is 7.37. The highest BCUT2D eigenvalue weighted by Gasteiger charge is 2.17. The lowest BCUT2D eigenvalue weighted by molar-refractivity contribution is -0.135. The zero-order valence-corrected chi connectivity index (χ0v) is 22.2. The quantitative estimate of drug-likeness (QED) is 0.275. The minimum Gasteiger partial charge on any atom is -0.480 e. The summed E-state index contributed by atoms with van der Waals surface area (Å²) in [5.41, 5.74) is 4.02. The van der Waals surface area contributed by atoms with Crippen LogP contribution in [0.1, 0.15) is 42.3 Å². The van der Waals surface area contributed by atoms with Crippen molar-refractivity contribution < 1.29 is 27.9 Å². The van der Waals surface area contributed by atoms with E-state index < -0.39 is 35.6 Å². The maximum absolute atomic E-state index is 13.6. The van der Waals surface area contributed by atoms with E-state index in [-0.39, 0.29) is 5.82 Å². The first-order chi connectivity index (χ1) is 18.1. The molecule has 9 heteroatoms.